The quantitative estimate of drug-likeness (QED) is 0.443. The standard InChI is InChI=1S/C26H26N4O4/c1-16-27-25(30-34-16)26(12-6-7-13-26)29-24(31)19-15-21(28-20-9-5-4-8-18(19)20)17-10-11-22(32-2)23(14-17)33-3/h4-5,8-11,14-15H,6-7,12-13H2,1-3H3,(H,29,31). The van der Waals surface area contributed by atoms with Gasteiger partial charge in [-0.1, -0.05) is 36.2 Å². The highest BCUT2D eigenvalue weighted by atomic mass is 16.5. The van der Waals surface area contributed by atoms with Crippen molar-refractivity contribution in [3.63, 3.8) is 0 Å². The van der Waals surface area contributed by atoms with Gasteiger partial charge >= 0.3 is 0 Å². The molecule has 2 heterocycles. The van der Waals surface area contributed by atoms with Gasteiger partial charge in [-0.25, -0.2) is 4.98 Å². The highest BCUT2D eigenvalue weighted by molar-refractivity contribution is 6.07. The second-order valence-electron chi connectivity index (χ2n) is 8.52. The van der Waals surface area contributed by atoms with Crippen LogP contribution in [0.25, 0.3) is 22.2 Å². The van der Waals surface area contributed by atoms with E-state index >= 15 is 0 Å². The molecule has 1 aliphatic rings. The molecule has 4 aromatic rings. The van der Waals surface area contributed by atoms with E-state index in [-0.39, 0.29) is 5.91 Å². The minimum absolute atomic E-state index is 0.190. The highest BCUT2D eigenvalue weighted by Gasteiger charge is 2.41. The van der Waals surface area contributed by atoms with Crippen LogP contribution in [0.4, 0.5) is 0 Å². The Morgan fingerprint density at radius 1 is 1.00 bits per heavy atom. The van der Waals surface area contributed by atoms with Crippen molar-refractivity contribution < 1.29 is 18.8 Å². The smallest absolute Gasteiger partial charge is 0.252 e. The van der Waals surface area contributed by atoms with Crippen LogP contribution in [0.3, 0.4) is 0 Å². The second-order valence-corrected chi connectivity index (χ2v) is 8.52. The number of aromatic nitrogens is 3. The zero-order valence-electron chi connectivity index (χ0n) is 19.4. The summed E-state index contributed by atoms with van der Waals surface area (Å²) in [7, 11) is 3.19. The first kappa shape index (κ1) is 21.9. The lowest BCUT2D eigenvalue weighted by atomic mass is 9.95. The summed E-state index contributed by atoms with van der Waals surface area (Å²) in [6.45, 7) is 1.76. The van der Waals surface area contributed by atoms with E-state index in [2.05, 4.69) is 15.5 Å². The van der Waals surface area contributed by atoms with E-state index in [1.807, 2.05) is 48.5 Å². The summed E-state index contributed by atoms with van der Waals surface area (Å²) in [5.74, 6) is 2.06. The number of nitrogens with one attached hydrogen (secondary N) is 1. The SMILES string of the molecule is COc1ccc(-c2cc(C(=O)NC3(c4noc(C)n4)CCCC3)c3ccccc3n2)cc1OC. The zero-order chi connectivity index (χ0) is 23.7. The molecule has 0 bridgehead atoms. The van der Waals surface area contributed by atoms with Crippen LogP contribution in [0.2, 0.25) is 0 Å². The lowest BCUT2D eigenvalue weighted by Crippen LogP contribution is -2.44. The molecule has 0 aliphatic heterocycles. The molecule has 174 valence electrons. The van der Waals surface area contributed by atoms with E-state index in [1.165, 1.54) is 0 Å². The zero-order valence-corrected chi connectivity index (χ0v) is 19.4. The van der Waals surface area contributed by atoms with Crippen molar-refractivity contribution in [1.82, 2.24) is 20.4 Å². The molecule has 0 unspecified atom stereocenters. The fraction of sp³-hybridized carbons (Fsp3) is 0.308. The topological polar surface area (TPSA) is 99.4 Å². The number of para-hydroxylation sites is 1. The van der Waals surface area contributed by atoms with Gasteiger partial charge in [-0.15, -0.1) is 0 Å². The number of hydrogen-bond donors (Lipinski definition) is 1. The Morgan fingerprint density at radius 2 is 1.76 bits per heavy atom. The van der Waals surface area contributed by atoms with E-state index in [1.54, 1.807) is 21.1 Å². The number of aryl methyl sites for hydroxylation is 1. The Morgan fingerprint density at radius 3 is 2.47 bits per heavy atom. The number of pyridine rings is 1. The van der Waals surface area contributed by atoms with Gasteiger partial charge in [0.1, 0.15) is 5.54 Å². The van der Waals surface area contributed by atoms with Gasteiger partial charge in [0, 0.05) is 17.9 Å². The predicted octanol–water partition coefficient (Wildman–Crippen LogP) is 4.81. The minimum atomic E-state index is -0.636. The lowest BCUT2D eigenvalue weighted by molar-refractivity contribution is 0.0893. The van der Waals surface area contributed by atoms with E-state index in [0.717, 1.165) is 42.1 Å². The van der Waals surface area contributed by atoms with E-state index in [4.69, 9.17) is 19.0 Å². The number of methoxy groups -OCH3 is 2. The average molecular weight is 459 g/mol. The highest BCUT2D eigenvalue weighted by Crippen LogP contribution is 2.38. The molecule has 5 rings (SSSR count). The molecule has 0 spiro atoms. The molecular weight excluding hydrogens is 432 g/mol. The minimum Gasteiger partial charge on any atom is -0.493 e. The maximum Gasteiger partial charge on any atom is 0.252 e. The molecule has 8 heteroatoms. The number of benzene rings is 2. The summed E-state index contributed by atoms with van der Waals surface area (Å²) in [4.78, 5) is 23.0. The average Bonchev–Trinajstić information content (AvgIpc) is 3.52. The number of hydrogen-bond acceptors (Lipinski definition) is 7. The summed E-state index contributed by atoms with van der Waals surface area (Å²) in [6, 6.07) is 15.1. The summed E-state index contributed by atoms with van der Waals surface area (Å²) in [6.07, 6.45) is 3.51. The van der Waals surface area contributed by atoms with Crippen molar-refractivity contribution >= 4 is 16.8 Å². The molecule has 0 saturated heterocycles. The Kier molecular flexibility index (Phi) is 5.65. The van der Waals surface area contributed by atoms with Gasteiger partial charge in [0.2, 0.25) is 5.89 Å². The summed E-state index contributed by atoms with van der Waals surface area (Å²) in [5.41, 5.74) is 2.13. The molecule has 1 fully saturated rings. The number of amides is 1. The Balaban J connectivity index is 1.58. The maximum absolute atomic E-state index is 13.7. The molecule has 1 N–H and O–H groups in total. The number of carbonyl (C=O) groups excluding carboxylic acids is 1. The first-order valence-corrected chi connectivity index (χ1v) is 11.3. The van der Waals surface area contributed by atoms with Gasteiger partial charge in [0.05, 0.1) is 31.0 Å². The van der Waals surface area contributed by atoms with Gasteiger partial charge in [-0.05, 0) is 43.2 Å². The van der Waals surface area contributed by atoms with Crippen LogP contribution in [0, 0.1) is 6.92 Å². The van der Waals surface area contributed by atoms with Crippen LogP contribution >= 0.6 is 0 Å². The van der Waals surface area contributed by atoms with Crippen LogP contribution < -0.4 is 14.8 Å². The van der Waals surface area contributed by atoms with Crippen LogP contribution in [-0.4, -0.2) is 35.3 Å². The molecule has 1 aliphatic carbocycles. The summed E-state index contributed by atoms with van der Waals surface area (Å²) < 4.78 is 16.1. The van der Waals surface area contributed by atoms with E-state index in [9.17, 15) is 4.79 Å². The van der Waals surface area contributed by atoms with Crippen molar-refractivity contribution in [2.45, 2.75) is 38.1 Å². The Labute approximate surface area is 197 Å². The van der Waals surface area contributed by atoms with Gasteiger partial charge in [-0.2, -0.15) is 4.98 Å². The second kappa shape index (κ2) is 8.78. The van der Waals surface area contributed by atoms with Gasteiger partial charge < -0.3 is 19.3 Å². The molecular formula is C26H26N4O4. The molecule has 2 aromatic carbocycles. The normalized spacial score (nSPS) is 14.8. The number of nitrogens with zero attached hydrogens (tertiary/aromatic N) is 3. The number of fused-ring (bicyclic) bond motifs is 1. The molecule has 0 radical (unpaired) electrons. The summed E-state index contributed by atoms with van der Waals surface area (Å²) in [5, 5.41) is 8.17. The predicted molar refractivity (Wildman–Crippen MR) is 127 cm³/mol. The monoisotopic (exact) mass is 458 g/mol. The van der Waals surface area contributed by atoms with Crippen molar-refractivity contribution in [2.24, 2.45) is 0 Å². The molecule has 1 amide bonds. The van der Waals surface area contributed by atoms with Crippen molar-refractivity contribution in [2.75, 3.05) is 14.2 Å². The van der Waals surface area contributed by atoms with Crippen molar-refractivity contribution in [3.8, 4) is 22.8 Å². The summed E-state index contributed by atoms with van der Waals surface area (Å²) >= 11 is 0. The number of rotatable bonds is 6. The van der Waals surface area contributed by atoms with Crippen LogP contribution in [0.15, 0.2) is 53.1 Å². The number of carbonyl (C=O) groups is 1. The first-order chi connectivity index (χ1) is 16.5. The largest absolute Gasteiger partial charge is 0.493 e. The molecule has 2 aromatic heterocycles. The molecule has 1 saturated carbocycles. The van der Waals surface area contributed by atoms with E-state index < -0.39 is 5.54 Å². The third-order valence-electron chi connectivity index (χ3n) is 6.41. The first-order valence-electron chi connectivity index (χ1n) is 11.3. The lowest BCUT2D eigenvalue weighted by Gasteiger charge is -2.27. The fourth-order valence-corrected chi connectivity index (χ4v) is 4.67. The van der Waals surface area contributed by atoms with Gasteiger partial charge in [-0.3, -0.25) is 4.79 Å². The van der Waals surface area contributed by atoms with E-state index in [0.29, 0.717) is 34.5 Å². The van der Waals surface area contributed by atoms with Crippen molar-refractivity contribution in [3.05, 3.63) is 65.8 Å². The Hall–Kier alpha value is -3.94. The van der Waals surface area contributed by atoms with Crippen LogP contribution in [0.1, 0.15) is 47.8 Å². The molecule has 34 heavy (non-hydrogen) atoms. The van der Waals surface area contributed by atoms with Crippen LogP contribution in [-0.2, 0) is 5.54 Å². The van der Waals surface area contributed by atoms with Gasteiger partial charge in [0.15, 0.2) is 17.3 Å². The van der Waals surface area contributed by atoms with Gasteiger partial charge in [0.25, 0.3) is 5.91 Å². The van der Waals surface area contributed by atoms with Crippen LogP contribution in [0.5, 0.6) is 11.5 Å². The maximum atomic E-state index is 13.7. The third kappa shape index (κ3) is 3.85. The Bertz CT molecular complexity index is 1360. The van der Waals surface area contributed by atoms with Crippen molar-refractivity contribution in [1.29, 1.82) is 0 Å². The fourth-order valence-electron chi connectivity index (χ4n) is 4.67. The molecule has 8 nitrogen and oxygen atoms in total. The number of ether oxygens (including phenoxy) is 2. The third-order valence-corrected chi connectivity index (χ3v) is 6.41. The molecule has 0 atom stereocenters.